The van der Waals surface area contributed by atoms with E-state index in [0.717, 1.165) is 39.0 Å². The molecule has 1 unspecified atom stereocenters. The third kappa shape index (κ3) is 3.97. The van der Waals surface area contributed by atoms with Gasteiger partial charge in [-0.15, -0.1) is 11.3 Å². The molecule has 1 atom stereocenters. The zero-order valence-electron chi connectivity index (χ0n) is 16.3. The fraction of sp³-hybridized carbons (Fsp3) is 0.381. The molecule has 1 aliphatic heterocycles. The van der Waals surface area contributed by atoms with Crippen LogP contribution in [0.3, 0.4) is 0 Å². The molecule has 8 heteroatoms. The van der Waals surface area contributed by atoms with E-state index in [9.17, 15) is 9.59 Å². The summed E-state index contributed by atoms with van der Waals surface area (Å²) in [5, 5.41) is 9.67. The number of aromatic nitrogens is 2. The molecule has 29 heavy (non-hydrogen) atoms. The van der Waals surface area contributed by atoms with E-state index >= 15 is 0 Å². The maximum absolute atomic E-state index is 13.3. The molecule has 0 radical (unpaired) electrons. The van der Waals surface area contributed by atoms with E-state index in [4.69, 9.17) is 9.84 Å². The molecule has 1 aromatic carbocycles. The van der Waals surface area contributed by atoms with Gasteiger partial charge in [-0.3, -0.25) is 9.59 Å². The number of hydrogen-bond acceptors (Lipinski definition) is 6. The molecule has 2 aromatic heterocycles. The van der Waals surface area contributed by atoms with Crippen molar-refractivity contribution in [1.29, 1.82) is 0 Å². The van der Waals surface area contributed by atoms with Gasteiger partial charge >= 0.3 is 5.97 Å². The van der Waals surface area contributed by atoms with Crippen molar-refractivity contribution in [3.05, 3.63) is 56.6 Å². The number of carbonyl (C=O) groups is 1. The zero-order chi connectivity index (χ0) is 20.6. The summed E-state index contributed by atoms with van der Waals surface area (Å²) in [6.45, 7) is 5.05. The molecule has 0 saturated carbocycles. The highest BCUT2D eigenvalue weighted by molar-refractivity contribution is 7.99. The first-order valence-corrected chi connectivity index (χ1v) is 11.3. The fourth-order valence-corrected chi connectivity index (χ4v) is 5.36. The van der Waals surface area contributed by atoms with E-state index in [1.165, 1.54) is 11.3 Å². The highest BCUT2D eigenvalue weighted by Gasteiger charge is 2.33. The smallest absolute Gasteiger partial charge is 0.313 e. The summed E-state index contributed by atoms with van der Waals surface area (Å²) in [4.78, 5) is 30.7. The van der Waals surface area contributed by atoms with E-state index in [1.807, 2.05) is 41.8 Å². The molecule has 1 N–H and O–H groups in total. The maximum Gasteiger partial charge on any atom is 0.313 e. The molecule has 0 aliphatic carbocycles. The molecule has 0 amide bonds. The Kier molecular flexibility index (Phi) is 5.50. The topological polar surface area (TPSA) is 81.4 Å². The van der Waals surface area contributed by atoms with Crippen LogP contribution in [-0.4, -0.2) is 32.0 Å². The third-order valence-corrected chi connectivity index (χ3v) is 7.47. The first-order chi connectivity index (χ1) is 13.9. The number of rotatable bonds is 6. The summed E-state index contributed by atoms with van der Waals surface area (Å²) in [6.07, 6.45) is 1.41. The number of aliphatic carboxylic acids is 1. The lowest BCUT2D eigenvalue weighted by atomic mass is 9.91. The summed E-state index contributed by atoms with van der Waals surface area (Å²) in [5.74, 6) is -1.01. The van der Waals surface area contributed by atoms with Crippen LogP contribution in [-0.2, 0) is 29.1 Å². The van der Waals surface area contributed by atoms with Crippen molar-refractivity contribution in [1.82, 2.24) is 9.55 Å². The minimum absolute atomic E-state index is 0.0549. The van der Waals surface area contributed by atoms with Crippen molar-refractivity contribution in [3.63, 3.8) is 0 Å². The van der Waals surface area contributed by atoms with Crippen LogP contribution in [0.4, 0.5) is 0 Å². The van der Waals surface area contributed by atoms with E-state index in [2.05, 4.69) is 11.9 Å². The Labute approximate surface area is 176 Å². The van der Waals surface area contributed by atoms with Crippen LogP contribution in [0.15, 0.2) is 40.3 Å². The molecule has 6 nitrogen and oxygen atoms in total. The number of benzene rings is 1. The fourth-order valence-electron chi connectivity index (χ4n) is 3.45. The Morgan fingerprint density at radius 3 is 2.83 bits per heavy atom. The predicted molar refractivity (Wildman–Crippen MR) is 115 cm³/mol. The molecule has 0 saturated heterocycles. The summed E-state index contributed by atoms with van der Waals surface area (Å²) in [7, 11) is 0. The molecule has 3 heterocycles. The van der Waals surface area contributed by atoms with Gasteiger partial charge < -0.3 is 14.4 Å². The van der Waals surface area contributed by atoms with Gasteiger partial charge in [0.25, 0.3) is 0 Å². The Morgan fingerprint density at radius 2 is 2.14 bits per heavy atom. The summed E-state index contributed by atoms with van der Waals surface area (Å²) in [5.41, 5.74) is 1.90. The van der Waals surface area contributed by atoms with Crippen LogP contribution in [0.2, 0.25) is 0 Å². The molecule has 3 aromatic rings. The third-order valence-electron chi connectivity index (χ3n) is 5.29. The van der Waals surface area contributed by atoms with Crippen molar-refractivity contribution >= 4 is 39.4 Å². The number of ether oxygens (including phenoxy) is 1. The van der Waals surface area contributed by atoms with Crippen molar-refractivity contribution in [3.8, 4) is 0 Å². The summed E-state index contributed by atoms with van der Waals surface area (Å²) >= 11 is 2.67. The molecule has 0 fully saturated rings. The van der Waals surface area contributed by atoms with Gasteiger partial charge in [-0.05, 0) is 18.9 Å². The number of carboxylic acid groups (broad SMARTS) is 1. The van der Waals surface area contributed by atoms with Crippen LogP contribution in [0.25, 0.3) is 10.3 Å². The Morgan fingerprint density at radius 1 is 1.38 bits per heavy atom. The van der Waals surface area contributed by atoms with Crippen LogP contribution >= 0.6 is 23.1 Å². The molecule has 1 aliphatic rings. The Balaban J connectivity index is 1.85. The number of fused-ring (bicyclic) bond motifs is 2. The minimum Gasteiger partial charge on any atom is -0.481 e. The second-order valence-electron chi connectivity index (χ2n) is 7.40. The maximum atomic E-state index is 13.3. The number of imidazole rings is 1. The van der Waals surface area contributed by atoms with Crippen LogP contribution in [0.1, 0.15) is 36.3 Å². The number of thioether (sulfide) groups is 1. The van der Waals surface area contributed by atoms with Gasteiger partial charge in [0.15, 0.2) is 5.16 Å². The molecule has 0 spiro atoms. The molecular weight excluding hydrogens is 408 g/mol. The highest BCUT2D eigenvalue weighted by Crippen LogP contribution is 2.35. The summed E-state index contributed by atoms with van der Waals surface area (Å²) in [6, 6.07) is 9.89. The number of carboxylic acids is 1. The predicted octanol–water partition coefficient (Wildman–Crippen LogP) is 3.92. The van der Waals surface area contributed by atoms with Crippen LogP contribution < -0.4 is 5.43 Å². The van der Waals surface area contributed by atoms with Crippen molar-refractivity contribution in [2.45, 2.75) is 50.6 Å². The quantitative estimate of drug-likeness (QED) is 0.597. The Hall–Kier alpha value is -2.16. The van der Waals surface area contributed by atoms with Gasteiger partial charge in [-0.1, -0.05) is 49.0 Å². The average Bonchev–Trinajstić information content (AvgIpc) is 3.06. The molecule has 0 bridgehead atoms. The number of nitrogens with zero attached hydrogens (tertiary/aromatic N) is 2. The van der Waals surface area contributed by atoms with Gasteiger partial charge in [-0.25, -0.2) is 4.98 Å². The van der Waals surface area contributed by atoms with Gasteiger partial charge in [0.2, 0.25) is 5.43 Å². The lowest BCUT2D eigenvalue weighted by Crippen LogP contribution is -2.37. The second kappa shape index (κ2) is 7.93. The SMILES string of the molecule is CCC1(C)Cc2c(sc3c(nc(SCC(=O)O)n3Cc3ccccc3)c2=O)CO1. The van der Waals surface area contributed by atoms with Crippen LogP contribution in [0, 0.1) is 0 Å². The standard InChI is InChI=1S/C21H22N2O4S2/c1-3-21(2)9-14-15(11-27-21)29-19-17(18(14)26)22-20(28-12-16(24)25)23(19)10-13-7-5-4-6-8-13/h4-8H,3,9-12H2,1-2H3,(H,24,25). The van der Waals surface area contributed by atoms with Gasteiger partial charge in [0.1, 0.15) is 10.3 Å². The van der Waals surface area contributed by atoms with Crippen molar-refractivity contribution in [2.24, 2.45) is 0 Å². The first-order valence-electron chi connectivity index (χ1n) is 9.48. The van der Waals surface area contributed by atoms with E-state index < -0.39 is 5.97 Å². The molecular formula is C21H22N2O4S2. The van der Waals surface area contributed by atoms with E-state index in [-0.39, 0.29) is 16.8 Å². The van der Waals surface area contributed by atoms with E-state index in [0.29, 0.717) is 30.2 Å². The lowest BCUT2D eigenvalue weighted by Gasteiger charge is -2.33. The minimum atomic E-state index is -0.911. The first kappa shape index (κ1) is 20.1. The number of hydrogen-bond donors (Lipinski definition) is 1. The molecule has 152 valence electrons. The Bertz CT molecular complexity index is 1120. The van der Waals surface area contributed by atoms with Crippen LogP contribution in [0.5, 0.6) is 0 Å². The zero-order valence-corrected chi connectivity index (χ0v) is 17.9. The largest absolute Gasteiger partial charge is 0.481 e. The molecule has 4 rings (SSSR count). The monoisotopic (exact) mass is 430 g/mol. The highest BCUT2D eigenvalue weighted by atomic mass is 32.2. The van der Waals surface area contributed by atoms with Gasteiger partial charge in [0, 0.05) is 16.9 Å². The van der Waals surface area contributed by atoms with E-state index in [1.54, 1.807) is 0 Å². The van der Waals surface area contributed by atoms with Crippen molar-refractivity contribution in [2.75, 3.05) is 5.75 Å². The summed E-state index contributed by atoms with van der Waals surface area (Å²) < 4.78 is 8.00. The second-order valence-corrected chi connectivity index (χ2v) is 9.43. The lowest BCUT2D eigenvalue weighted by molar-refractivity contribution is -0.133. The van der Waals surface area contributed by atoms with Gasteiger partial charge in [-0.2, -0.15) is 0 Å². The average molecular weight is 431 g/mol. The van der Waals surface area contributed by atoms with Crippen molar-refractivity contribution < 1.29 is 14.6 Å². The normalized spacial score (nSPS) is 18.7. The van der Waals surface area contributed by atoms with Gasteiger partial charge in [0.05, 0.1) is 24.5 Å².